The Labute approximate surface area is 175 Å². The molecule has 1 atom stereocenters. The Balaban J connectivity index is 2.00. The maximum atomic E-state index is 12.8. The highest BCUT2D eigenvalue weighted by molar-refractivity contribution is 8.18. The summed E-state index contributed by atoms with van der Waals surface area (Å²) < 4.78 is 4.67. The van der Waals surface area contributed by atoms with Gasteiger partial charge in [0, 0.05) is 18.3 Å². The minimum atomic E-state index is -0.955. The van der Waals surface area contributed by atoms with Crippen LogP contribution in [0.5, 0.6) is 0 Å². The summed E-state index contributed by atoms with van der Waals surface area (Å²) >= 11 is 0.846. The number of rotatable bonds is 3. The lowest BCUT2D eigenvalue weighted by atomic mass is 9.87. The van der Waals surface area contributed by atoms with Crippen LogP contribution in [0.2, 0.25) is 0 Å². The number of likely N-dealkylation sites (N-methyl/N-ethyl adjacent to an activating group) is 1. The standard InChI is InChI=1S/C22H26N2O4S/c1-12-8-17-16(13(2)11-22(4,5)23(17)6)9-15(12)10-18-19(25)24(21(27)29-18)14(3)20(26)28-7/h8-11,14H,1-7H3/b18-10+/t14-/m0/s1. The second kappa shape index (κ2) is 7.37. The summed E-state index contributed by atoms with van der Waals surface area (Å²) in [6, 6.07) is 3.21. The average Bonchev–Trinajstić information content (AvgIpc) is 2.92. The van der Waals surface area contributed by atoms with Crippen molar-refractivity contribution in [1.82, 2.24) is 4.90 Å². The van der Waals surface area contributed by atoms with E-state index in [9.17, 15) is 14.4 Å². The van der Waals surface area contributed by atoms with Crippen LogP contribution in [0.4, 0.5) is 10.5 Å². The first-order valence-electron chi connectivity index (χ1n) is 9.41. The van der Waals surface area contributed by atoms with Crippen LogP contribution in [-0.4, -0.2) is 47.8 Å². The predicted molar refractivity (Wildman–Crippen MR) is 117 cm³/mol. The van der Waals surface area contributed by atoms with Gasteiger partial charge in [0.2, 0.25) is 0 Å². The molecule has 1 aromatic rings. The number of carbonyl (C=O) groups is 3. The maximum Gasteiger partial charge on any atom is 0.328 e. The molecule has 2 amide bonds. The largest absolute Gasteiger partial charge is 0.467 e. The van der Waals surface area contributed by atoms with Gasteiger partial charge in [-0.05, 0) is 81.3 Å². The fourth-order valence-corrected chi connectivity index (χ4v) is 4.60. The highest BCUT2D eigenvalue weighted by atomic mass is 32.2. The smallest absolute Gasteiger partial charge is 0.328 e. The number of imide groups is 1. The molecule has 1 aromatic carbocycles. The van der Waals surface area contributed by atoms with Crippen molar-refractivity contribution in [2.45, 2.75) is 46.2 Å². The molecule has 0 aromatic heterocycles. The molecule has 1 saturated heterocycles. The molecule has 6 nitrogen and oxygen atoms in total. The number of nitrogens with zero attached hydrogens (tertiary/aromatic N) is 2. The number of aryl methyl sites for hydroxylation is 1. The molecular formula is C22H26N2O4S. The van der Waals surface area contributed by atoms with Crippen molar-refractivity contribution in [3.63, 3.8) is 0 Å². The van der Waals surface area contributed by atoms with E-state index in [0.717, 1.165) is 39.0 Å². The Hall–Kier alpha value is -2.54. The highest BCUT2D eigenvalue weighted by Crippen LogP contribution is 2.41. The van der Waals surface area contributed by atoms with Gasteiger partial charge in [0.1, 0.15) is 6.04 Å². The summed E-state index contributed by atoms with van der Waals surface area (Å²) in [5, 5.41) is -0.465. The van der Waals surface area contributed by atoms with Gasteiger partial charge in [0.05, 0.1) is 17.6 Å². The third-order valence-corrected chi connectivity index (χ3v) is 6.53. The van der Waals surface area contributed by atoms with Crippen molar-refractivity contribution in [1.29, 1.82) is 0 Å². The zero-order valence-electron chi connectivity index (χ0n) is 17.8. The SMILES string of the molecule is COC(=O)[C@H](C)N1C(=O)S/C(=C/c2cc3c(cc2C)N(C)C(C)(C)C=C3C)C1=O. The summed E-state index contributed by atoms with van der Waals surface area (Å²) in [5.41, 5.74) is 5.21. The van der Waals surface area contributed by atoms with Crippen LogP contribution in [0.25, 0.3) is 11.6 Å². The van der Waals surface area contributed by atoms with Gasteiger partial charge >= 0.3 is 5.97 Å². The van der Waals surface area contributed by atoms with E-state index in [-0.39, 0.29) is 5.54 Å². The Kier molecular flexibility index (Phi) is 5.38. The number of hydrogen-bond donors (Lipinski definition) is 0. The highest BCUT2D eigenvalue weighted by Gasteiger charge is 2.41. The van der Waals surface area contributed by atoms with E-state index in [2.05, 4.69) is 55.7 Å². The lowest BCUT2D eigenvalue weighted by Crippen LogP contribution is -2.42. The number of amides is 2. The number of hydrogen-bond acceptors (Lipinski definition) is 6. The molecule has 7 heteroatoms. The normalized spacial score (nSPS) is 20.7. The van der Waals surface area contributed by atoms with Crippen LogP contribution < -0.4 is 4.90 Å². The van der Waals surface area contributed by atoms with E-state index < -0.39 is 23.2 Å². The molecule has 2 aliphatic rings. The van der Waals surface area contributed by atoms with Crippen LogP contribution in [0.15, 0.2) is 23.1 Å². The van der Waals surface area contributed by atoms with Crippen LogP contribution in [0.3, 0.4) is 0 Å². The first kappa shape index (κ1) is 21.2. The van der Waals surface area contributed by atoms with Gasteiger partial charge in [0.25, 0.3) is 11.1 Å². The number of methoxy groups -OCH3 is 1. The Morgan fingerprint density at radius 1 is 1.24 bits per heavy atom. The number of fused-ring (bicyclic) bond motifs is 1. The first-order chi connectivity index (χ1) is 13.5. The predicted octanol–water partition coefficient (Wildman–Crippen LogP) is 4.22. The summed E-state index contributed by atoms with van der Waals surface area (Å²) in [7, 11) is 3.30. The summed E-state index contributed by atoms with van der Waals surface area (Å²) in [5.74, 6) is -1.09. The Morgan fingerprint density at radius 2 is 1.90 bits per heavy atom. The van der Waals surface area contributed by atoms with Crippen LogP contribution >= 0.6 is 11.8 Å². The number of benzene rings is 1. The van der Waals surface area contributed by atoms with Crippen molar-refractivity contribution in [2.24, 2.45) is 0 Å². The maximum absolute atomic E-state index is 12.8. The fourth-order valence-electron chi connectivity index (χ4n) is 3.70. The van der Waals surface area contributed by atoms with Crippen LogP contribution in [0, 0.1) is 6.92 Å². The lowest BCUT2D eigenvalue weighted by molar-refractivity contribution is -0.148. The van der Waals surface area contributed by atoms with Crippen molar-refractivity contribution < 1.29 is 19.1 Å². The van der Waals surface area contributed by atoms with Crippen molar-refractivity contribution in [2.75, 3.05) is 19.1 Å². The summed E-state index contributed by atoms with van der Waals surface area (Å²) in [6.07, 6.45) is 3.96. The van der Waals surface area contributed by atoms with Gasteiger partial charge in [-0.25, -0.2) is 4.79 Å². The molecule has 0 aliphatic carbocycles. The van der Waals surface area contributed by atoms with Crippen molar-refractivity contribution in [3.8, 4) is 0 Å². The van der Waals surface area contributed by atoms with E-state index in [1.54, 1.807) is 6.08 Å². The van der Waals surface area contributed by atoms with E-state index >= 15 is 0 Å². The van der Waals surface area contributed by atoms with Gasteiger partial charge in [-0.2, -0.15) is 0 Å². The van der Waals surface area contributed by atoms with Gasteiger partial charge < -0.3 is 9.64 Å². The van der Waals surface area contributed by atoms with E-state index in [1.807, 2.05) is 6.92 Å². The number of ether oxygens (including phenoxy) is 1. The van der Waals surface area contributed by atoms with E-state index in [1.165, 1.54) is 19.6 Å². The second-order valence-corrected chi connectivity index (χ2v) is 9.01. The Morgan fingerprint density at radius 3 is 2.52 bits per heavy atom. The number of thioether (sulfide) groups is 1. The van der Waals surface area contributed by atoms with Gasteiger partial charge in [-0.1, -0.05) is 6.08 Å². The molecule has 29 heavy (non-hydrogen) atoms. The molecule has 0 N–H and O–H groups in total. The third kappa shape index (κ3) is 3.59. The Bertz CT molecular complexity index is 977. The number of carbonyl (C=O) groups excluding carboxylic acids is 3. The molecular weight excluding hydrogens is 388 g/mol. The van der Waals surface area contributed by atoms with Gasteiger partial charge in [-0.3, -0.25) is 14.5 Å². The zero-order chi connectivity index (χ0) is 21.7. The first-order valence-corrected chi connectivity index (χ1v) is 10.2. The molecule has 0 bridgehead atoms. The van der Waals surface area contributed by atoms with E-state index in [4.69, 9.17) is 0 Å². The van der Waals surface area contributed by atoms with Crippen LogP contribution in [0.1, 0.15) is 44.4 Å². The quantitative estimate of drug-likeness (QED) is 0.545. The lowest BCUT2D eigenvalue weighted by Gasteiger charge is -2.41. The van der Waals surface area contributed by atoms with Crippen LogP contribution in [-0.2, 0) is 14.3 Å². The zero-order valence-corrected chi connectivity index (χ0v) is 18.6. The monoisotopic (exact) mass is 414 g/mol. The summed E-state index contributed by atoms with van der Waals surface area (Å²) in [6.45, 7) is 9.89. The number of anilines is 1. The number of allylic oxidation sites excluding steroid dienone is 1. The molecule has 0 radical (unpaired) electrons. The minimum absolute atomic E-state index is 0.0856. The van der Waals surface area contributed by atoms with Crippen molar-refractivity contribution >= 4 is 46.2 Å². The number of esters is 1. The average molecular weight is 415 g/mol. The third-order valence-electron chi connectivity index (χ3n) is 5.64. The molecule has 0 saturated carbocycles. The molecule has 154 valence electrons. The molecule has 1 fully saturated rings. The second-order valence-electron chi connectivity index (χ2n) is 8.02. The topological polar surface area (TPSA) is 66.9 Å². The van der Waals surface area contributed by atoms with Gasteiger partial charge in [-0.15, -0.1) is 0 Å². The fraction of sp³-hybridized carbons (Fsp3) is 0.409. The molecule has 2 heterocycles. The molecule has 0 unspecified atom stereocenters. The minimum Gasteiger partial charge on any atom is -0.467 e. The van der Waals surface area contributed by atoms with Gasteiger partial charge in [0.15, 0.2) is 0 Å². The van der Waals surface area contributed by atoms with E-state index in [0.29, 0.717) is 4.91 Å². The molecule has 0 spiro atoms. The molecule has 3 rings (SSSR count). The van der Waals surface area contributed by atoms with Crippen molar-refractivity contribution in [3.05, 3.63) is 39.8 Å². The molecule has 2 aliphatic heterocycles. The summed E-state index contributed by atoms with van der Waals surface area (Å²) in [4.78, 5) is 40.4.